The number of aryl methyl sites for hydroxylation is 1. The van der Waals surface area contributed by atoms with E-state index in [1.165, 1.54) is 16.5 Å². The van der Waals surface area contributed by atoms with E-state index in [4.69, 9.17) is 4.74 Å². The summed E-state index contributed by atoms with van der Waals surface area (Å²) in [4.78, 5) is 18.5. The fraction of sp³-hybridized carbons (Fsp3) is 0.160. The molecule has 0 saturated carbocycles. The zero-order valence-electron chi connectivity index (χ0n) is 16.3. The third-order valence-electron chi connectivity index (χ3n) is 5.58. The van der Waals surface area contributed by atoms with Crippen molar-refractivity contribution in [2.24, 2.45) is 0 Å². The molecular formula is C25H22N2O2. The Morgan fingerprint density at radius 1 is 1.00 bits per heavy atom. The largest absolute Gasteiger partial charge is 0.416 e. The van der Waals surface area contributed by atoms with Crippen molar-refractivity contribution in [3.05, 3.63) is 101 Å². The number of ether oxygens (including phenoxy) is 1. The number of hydrogen-bond donors (Lipinski definition) is 1. The lowest BCUT2D eigenvalue weighted by Gasteiger charge is -2.35. The number of nitrogens with one attached hydrogen (secondary N) is 1. The number of benzene rings is 3. The second-order valence-corrected chi connectivity index (χ2v) is 7.50. The van der Waals surface area contributed by atoms with Crippen LogP contribution in [0.25, 0.3) is 10.9 Å². The Hall–Kier alpha value is -3.53. The van der Waals surface area contributed by atoms with Crippen LogP contribution in [0.1, 0.15) is 28.4 Å². The average molecular weight is 382 g/mol. The molecule has 5 rings (SSSR count). The highest BCUT2D eigenvalue weighted by Crippen LogP contribution is 2.39. The first-order valence-corrected chi connectivity index (χ1v) is 9.90. The number of para-hydroxylation sites is 1. The molecular weight excluding hydrogens is 360 g/mol. The van der Waals surface area contributed by atoms with Crippen LogP contribution in [0.15, 0.2) is 78.9 Å². The van der Waals surface area contributed by atoms with Crippen LogP contribution in [0.3, 0.4) is 0 Å². The predicted molar refractivity (Wildman–Crippen MR) is 114 cm³/mol. The van der Waals surface area contributed by atoms with Gasteiger partial charge in [-0.3, -0.25) is 4.90 Å². The average Bonchev–Trinajstić information content (AvgIpc) is 3.12. The van der Waals surface area contributed by atoms with Crippen LogP contribution in [0.2, 0.25) is 0 Å². The maximum absolute atomic E-state index is 13.1. The van der Waals surface area contributed by atoms with Crippen LogP contribution >= 0.6 is 0 Å². The Morgan fingerprint density at radius 2 is 1.72 bits per heavy atom. The van der Waals surface area contributed by atoms with Gasteiger partial charge in [0.25, 0.3) is 0 Å². The predicted octanol–water partition coefficient (Wildman–Crippen LogP) is 5.62. The summed E-state index contributed by atoms with van der Waals surface area (Å²) >= 11 is 0. The van der Waals surface area contributed by atoms with Gasteiger partial charge in [-0.05, 0) is 48.7 Å². The molecule has 1 N–H and O–H groups in total. The molecule has 144 valence electrons. The molecule has 1 aromatic heterocycles. The molecule has 4 nitrogen and oxygen atoms in total. The lowest BCUT2D eigenvalue weighted by atomic mass is 9.92. The normalized spacial score (nSPS) is 15.9. The van der Waals surface area contributed by atoms with Gasteiger partial charge in [0.05, 0.1) is 0 Å². The van der Waals surface area contributed by atoms with Gasteiger partial charge in [0.15, 0.2) is 0 Å². The van der Waals surface area contributed by atoms with E-state index < -0.39 is 0 Å². The number of carbonyl (C=O) groups excluding carboxylic acids is 1. The molecule has 3 aromatic carbocycles. The van der Waals surface area contributed by atoms with E-state index in [-0.39, 0.29) is 12.1 Å². The van der Waals surface area contributed by atoms with Crippen molar-refractivity contribution in [1.82, 2.24) is 9.88 Å². The summed E-state index contributed by atoms with van der Waals surface area (Å²) in [5.41, 5.74) is 5.79. The molecule has 0 bridgehead atoms. The number of aromatic nitrogens is 1. The number of rotatable bonds is 2. The molecule has 1 unspecified atom stereocenters. The van der Waals surface area contributed by atoms with Crippen LogP contribution in [0.5, 0.6) is 5.75 Å². The molecule has 1 atom stereocenters. The summed E-state index contributed by atoms with van der Waals surface area (Å²) in [6, 6.07) is 25.7. The molecule has 0 fully saturated rings. The zero-order chi connectivity index (χ0) is 19.8. The minimum atomic E-state index is -0.328. The topological polar surface area (TPSA) is 45.3 Å². The SMILES string of the molecule is Cc1ccc2[nH]c3c(c2c1)CCN(C(=O)Oc1ccccc1)C3c1ccccc1. The number of hydrogen-bond acceptors (Lipinski definition) is 2. The first kappa shape index (κ1) is 17.6. The standard InChI is InChI=1S/C25H22N2O2/c1-17-12-13-22-21(16-17)20-14-15-27(25(28)29-19-10-6-3-7-11-19)24(23(20)26-22)18-8-4-2-5-9-18/h2-13,16,24,26H,14-15H2,1H3. The maximum atomic E-state index is 13.1. The van der Waals surface area contributed by atoms with Crippen molar-refractivity contribution in [2.45, 2.75) is 19.4 Å². The second kappa shape index (κ2) is 7.13. The van der Waals surface area contributed by atoms with Crippen molar-refractivity contribution >= 4 is 17.0 Å². The van der Waals surface area contributed by atoms with Crippen molar-refractivity contribution in [3.63, 3.8) is 0 Å². The van der Waals surface area contributed by atoms with E-state index in [0.29, 0.717) is 12.3 Å². The Labute approximate surface area is 169 Å². The fourth-order valence-electron chi connectivity index (χ4n) is 4.23. The summed E-state index contributed by atoms with van der Waals surface area (Å²) < 4.78 is 5.69. The van der Waals surface area contributed by atoms with E-state index in [2.05, 4.69) is 42.2 Å². The summed E-state index contributed by atoms with van der Waals surface area (Å²) in [5, 5.41) is 1.25. The maximum Gasteiger partial charge on any atom is 0.416 e. The molecule has 0 spiro atoms. The fourth-order valence-corrected chi connectivity index (χ4v) is 4.23. The van der Waals surface area contributed by atoms with Gasteiger partial charge in [-0.1, -0.05) is 60.2 Å². The minimum Gasteiger partial charge on any atom is -0.410 e. The van der Waals surface area contributed by atoms with E-state index >= 15 is 0 Å². The Kier molecular flexibility index (Phi) is 4.32. The van der Waals surface area contributed by atoms with Gasteiger partial charge in [0.1, 0.15) is 11.8 Å². The van der Waals surface area contributed by atoms with Gasteiger partial charge >= 0.3 is 6.09 Å². The minimum absolute atomic E-state index is 0.205. The Bertz CT molecular complexity index is 1170. The van der Waals surface area contributed by atoms with E-state index in [0.717, 1.165) is 23.2 Å². The van der Waals surface area contributed by atoms with Crippen LogP contribution < -0.4 is 4.74 Å². The molecule has 0 aliphatic carbocycles. The number of nitrogens with zero attached hydrogens (tertiary/aromatic N) is 1. The molecule has 0 radical (unpaired) electrons. The van der Waals surface area contributed by atoms with Crippen LogP contribution in [-0.2, 0) is 6.42 Å². The molecule has 1 amide bonds. The third kappa shape index (κ3) is 3.17. The first-order chi connectivity index (χ1) is 14.2. The first-order valence-electron chi connectivity index (χ1n) is 9.90. The van der Waals surface area contributed by atoms with Crippen LogP contribution in [0, 0.1) is 6.92 Å². The van der Waals surface area contributed by atoms with Gasteiger partial charge in [0, 0.05) is 23.1 Å². The lowest BCUT2D eigenvalue weighted by molar-refractivity contribution is 0.135. The molecule has 29 heavy (non-hydrogen) atoms. The van der Waals surface area contributed by atoms with Gasteiger partial charge in [0.2, 0.25) is 0 Å². The third-order valence-corrected chi connectivity index (χ3v) is 5.58. The number of H-pyrrole nitrogens is 1. The molecule has 4 aromatic rings. The van der Waals surface area contributed by atoms with Gasteiger partial charge in [-0.15, -0.1) is 0 Å². The summed E-state index contributed by atoms with van der Waals surface area (Å²) in [6.45, 7) is 2.72. The number of carbonyl (C=O) groups is 1. The number of fused-ring (bicyclic) bond motifs is 3. The van der Waals surface area contributed by atoms with Crippen molar-refractivity contribution in [1.29, 1.82) is 0 Å². The summed E-state index contributed by atoms with van der Waals surface area (Å²) in [7, 11) is 0. The van der Waals surface area contributed by atoms with Gasteiger partial charge < -0.3 is 9.72 Å². The molecule has 4 heteroatoms. The van der Waals surface area contributed by atoms with Gasteiger partial charge in [-0.25, -0.2) is 4.79 Å². The smallest absolute Gasteiger partial charge is 0.410 e. The van der Waals surface area contributed by atoms with Crippen molar-refractivity contribution < 1.29 is 9.53 Å². The Balaban J connectivity index is 1.59. The molecule has 0 saturated heterocycles. The Morgan fingerprint density at radius 3 is 2.48 bits per heavy atom. The lowest BCUT2D eigenvalue weighted by Crippen LogP contribution is -2.42. The van der Waals surface area contributed by atoms with Crippen LogP contribution in [0.4, 0.5) is 4.79 Å². The molecule has 1 aliphatic heterocycles. The van der Waals surface area contributed by atoms with E-state index in [1.54, 1.807) is 12.1 Å². The summed E-state index contributed by atoms with van der Waals surface area (Å²) in [6.07, 6.45) is 0.469. The highest BCUT2D eigenvalue weighted by molar-refractivity contribution is 5.86. The highest BCUT2D eigenvalue weighted by Gasteiger charge is 2.35. The molecule has 2 heterocycles. The van der Waals surface area contributed by atoms with Gasteiger partial charge in [-0.2, -0.15) is 0 Å². The number of amides is 1. The quantitative estimate of drug-likeness (QED) is 0.489. The van der Waals surface area contributed by atoms with Crippen molar-refractivity contribution in [3.8, 4) is 5.75 Å². The second-order valence-electron chi connectivity index (χ2n) is 7.50. The van der Waals surface area contributed by atoms with E-state index in [1.807, 2.05) is 41.3 Å². The summed E-state index contributed by atoms with van der Waals surface area (Å²) in [5.74, 6) is 0.558. The highest BCUT2D eigenvalue weighted by atomic mass is 16.6. The number of aromatic amines is 1. The van der Waals surface area contributed by atoms with Crippen LogP contribution in [-0.4, -0.2) is 22.5 Å². The molecule has 1 aliphatic rings. The van der Waals surface area contributed by atoms with Crippen molar-refractivity contribution in [2.75, 3.05) is 6.54 Å². The monoisotopic (exact) mass is 382 g/mol. The van der Waals surface area contributed by atoms with E-state index in [9.17, 15) is 4.79 Å². The zero-order valence-corrected chi connectivity index (χ0v) is 16.3.